The average Bonchev–Trinajstić information content (AvgIpc) is 1.99. The Bertz CT molecular complexity index is 355. The molecule has 0 amide bonds. The van der Waals surface area contributed by atoms with Crippen LogP contribution in [0.2, 0.25) is 0 Å². The predicted molar refractivity (Wildman–Crippen MR) is 51.6 cm³/mol. The van der Waals surface area contributed by atoms with Gasteiger partial charge in [-0.3, -0.25) is 0 Å². The summed E-state index contributed by atoms with van der Waals surface area (Å²) in [6, 6.07) is 0.774. The van der Waals surface area contributed by atoms with Gasteiger partial charge in [0.25, 0.3) is 0 Å². The fourth-order valence-corrected chi connectivity index (χ4v) is 1.31. The summed E-state index contributed by atoms with van der Waals surface area (Å²) in [5.74, 6) is -3.75. The number of aliphatic hydroxyl groups excluding tert-OH is 1. The van der Waals surface area contributed by atoms with E-state index in [2.05, 4.69) is 0 Å². The first-order valence-corrected chi connectivity index (χ1v) is 4.76. The summed E-state index contributed by atoms with van der Waals surface area (Å²) in [4.78, 5) is 0. The van der Waals surface area contributed by atoms with E-state index in [1.807, 2.05) is 0 Å². The van der Waals surface area contributed by atoms with E-state index in [-0.39, 0.29) is 0 Å². The highest BCUT2D eigenvalue weighted by Gasteiger charge is 2.36. The first-order valence-electron chi connectivity index (χ1n) is 3.62. The van der Waals surface area contributed by atoms with E-state index in [1.165, 1.54) is 0 Å². The van der Waals surface area contributed by atoms with Crippen LogP contribution in [0.4, 0.5) is 13.2 Å². The van der Waals surface area contributed by atoms with E-state index in [9.17, 15) is 18.3 Å². The Morgan fingerprint density at radius 2 is 1.47 bits per heavy atom. The SMILES string of the molecule is OC(c1c(F)cc(F)cc1F)C(Cl)(Cl)Cl. The molecular formula is C8H4Cl3F3O. The second-order valence-electron chi connectivity index (χ2n) is 2.73. The standard InChI is InChI=1S/C8H4Cl3F3O/c9-8(10,11)7(15)6-4(13)1-3(12)2-5(6)14/h1-2,7,15H. The van der Waals surface area contributed by atoms with Crippen molar-refractivity contribution in [2.75, 3.05) is 0 Å². The zero-order valence-electron chi connectivity index (χ0n) is 6.95. The van der Waals surface area contributed by atoms with Gasteiger partial charge >= 0.3 is 0 Å². The predicted octanol–water partition coefficient (Wildman–Crippen LogP) is 3.51. The van der Waals surface area contributed by atoms with E-state index in [0.717, 1.165) is 0 Å². The van der Waals surface area contributed by atoms with E-state index in [4.69, 9.17) is 34.8 Å². The van der Waals surface area contributed by atoms with Crippen molar-refractivity contribution < 1.29 is 18.3 Å². The Labute approximate surface area is 98.4 Å². The Hall–Kier alpha value is -0.160. The van der Waals surface area contributed by atoms with Crippen molar-refractivity contribution in [1.82, 2.24) is 0 Å². The van der Waals surface area contributed by atoms with Gasteiger partial charge in [-0.25, -0.2) is 13.2 Å². The van der Waals surface area contributed by atoms with Crippen molar-refractivity contribution in [3.05, 3.63) is 35.1 Å². The van der Waals surface area contributed by atoms with Crippen molar-refractivity contribution in [3.8, 4) is 0 Å². The Morgan fingerprint density at radius 3 is 1.80 bits per heavy atom. The minimum Gasteiger partial charge on any atom is -0.384 e. The molecule has 0 heterocycles. The normalized spacial score (nSPS) is 14.1. The molecule has 0 spiro atoms. The maximum absolute atomic E-state index is 13.1. The first kappa shape index (κ1) is 12.9. The lowest BCUT2D eigenvalue weighted by Gasteiger charge is -2.20. The van der Waals surface area contributed by atoms with Crippen molar-refractivity contribution in [1.29, 1.82) is 0 Å². The Kier molecular flexibility index (Phi) is 3.76. The molecule has 1 N–H and O–H groups in total. The summed E-state index contributed by atoms with van der Waals surface area (Å²) in [7, 11) is 0. The number of hydrogen-bond acceptors (Lipinski definition) is 1. The van der Waals surface area contributed by atoms with E-state index >= 15 is 0 Å². The average molecular weight is 279 g/mol. The van der Waals surface area contributed by atoms with Gasteiger partial charge in [0, 0.05) is 12.1 Å². The molecule has 7 heteroatoms. The maximum atomic E-state index is 13.1. The lowest BCUT2D eigenvalue weighted by molar-refractivity contribution is 0.172. The molecule has 0 aromatic heterocycles. The Morgan fingerprint density at radius 1 is 1.07 bits per heavy atom. The van der Waals surface area contributed by atoms with Gasteiger partial charge in [0.2, 0.25) is 3.79 Å². The minimum absolute atomic E-state index is 0.387. The summed E-state index contributed by atoms with van der Waals surface area (Å²) >= 11 is 15.8. The van der Waals surface area contributed by atoms with Crippen molar-refractivity contribution in [2.24, 2.45) is 0 Å². The molecule has 0 radical (unpaired) electrons. The quantitative estimate of drug-likeness (QED) is 0.780. The molecule has 84 valence electrons. The van der Waals surface area contributed by atoms with Crippen LogP contribution in [0.1, 0.15) is 11.7 Å². The highest BCUT2D eigenvalue weighted by molar-refractivity contribution is 6.68. The number of benzene rings is 1. The van der Waals surface area contributed by atoms with Gasteiger partial charge < -0.3 is 5.11 Å². The maximum Gasteiger partial charge on any atom is 0.220 e. The highest BCUT2D eigenvalue weighted by Crippen LogP contribution is 2.41. The summed E-state index contributed by atoms with van der Waals surface area (Å²) in [5, 5.41) is 9.31. The van der Waals surface area contributed by atoms with Gasteiger partial charge in [0.1, 0.15) is 23.6 Å². The molecule has 0 bridgehead atoms. The molecule has 1 unspecified atom stereocenters. The van der Waals surface area contributed by atoms with E-state index in [1.54, 1.807) is 0 Å². The molecule has 0 fully saturated rings. The zero-order chi connectivity index (χ0) is 11.8. The summed E-state index contributed by atoms with van der Waals surface area (Å²) in [6.45, 7) is 0. The lowest BCUT2D eigenvalue weighted by Crippen LogP contribution is -2.19. The van der Waals surface area contributed by atoms with Crippen LogP contribution in [0.3, 0.4) is 0 Å². The van der Waals surface area contributed by atoms with Crippen LogP contribution in [0.15, 0.2) is 12.1 Å². The third-order valence-electron chi connectivity index (χ3n) is 1.63. The van der Waals surface area contributed by atoms with Gasteiger partial charge in [0.15, 0.2) is 0 Å². The van der Waals surface area contributed by atoms with Gasteiger partial charge in [-0.2, -0.15) is 0 Å². The van der Waals surface area contributed by atoms with Crippen LogP contribution in [0.5, 0.6) is 0 Å². The molecule has 0 aliphatic heterocycles. The fraction of sp³-hybridized carbons (Fsp3) is 0.250. The molecule has 0 saturated heterocycles. The van der Waals surface area contributed by atoms with E-state index in [0.29, 0.717) is 12.1 Å². The van der Waals surface area contributed by atoms with Crippen LogP contribution in [0.25, 0.3) is 0 Å². The number of halogens is 6. The zero-order valence-corrected chi connectivity index (χ0v) is 9.21. The van der Waals surface area contributed by atoms with Crippen molar-refractivity contribution >= 4 is 34.8 Å². The second-order valence-corrected chi connectivity index (χ2v) is 5.10. The molecule has 15 heavy (non-hydrogen) atoms. The van der Waals surface area contributed by atoms with Crippen LogP contribution in [-0.2, 0) is 0 Å². The minimum atomic E-state index is -2.29. The summed E-state index contributed by atoms with van der Waals surface area (Å²) in [6.07, 6.45) is -2.01. The summed E-state index contributed by atoms with van der Waals surface area (Å²) < 4.78 is 36.4. The molecule has 0 aliphatic rings. The molecule has 1 aromatic rings. The van der Waals surface area contributed by atoms with Crippen molar-refractivity contribution in [3.63, 3.8) is 0 Å². The smallest absolute Gasteiger partial charge is 0.220 e. The van der Waals surface area contributed by atoms with Crippen LogP contribution < -0.4 is 0 Å². The fourth-order valence-electron chi connectivity index (χ4n) is 0.978. The van der Waals surface area contributed by atoms with Crippen LogP contribution in [-0.4, -0.2) is 8.90 Å². The molecular weight excluding hydrogens is 275 g/mol. The summed E-state index contributed by atoms with van der Waals surface area (Å²) in [5.41, 5.74) is -0.878. The van der Waals surface area contributed by atoms with Gasteiger partial charge in [0.05, 0.1) is 5.56 Å². The number of rotatable bonds is 1. The third kappa shape index (κ3) is 2.91. The van der Waals surface area contributed by atoms with Crippen LogP contribution >= 0.6 is 34.8 Å². The number of hydrogen-bond donors (Lipinski definition) is 1. The molecule has 1 aromatic carbocycles. The monoisotopic (exact) mass is 278 g/mol. The second kappa shape index (κ2) is 4.37. The third-order valence-corrected chi connectivity index (χ3v) is 2.25. The Balaban J connectivity index is 3.26. The largest absolute Gasteiger partial charge is 0.384 e. The van der Waals surface area contributed by atoms with E-state index < -0.39 is 32.9 Å². The molecule has 1 rings (SSSR count). The molecule has 0 saturated carbocycles. The molecule has 0 aliphatic carbocycles. The van der Waals surface area contributed by atoms with Crippen molar-refractivity contribution in [2.45, 2.75) is 9.90 Å². The van der Waals surface area contributed by atoms with Gasteiger partial charge in [-0.05, 0) is 0 Å². The number of aliphatic hydroxyl groups is 1. The highest BCUT2D eigenvalue weighted by atomic mass is 35.6. The lowest BCUT2D eigenvalue weighted by atomic mass is 10.1. The van der Waals surface area contributed by atoms with Gasteiger partial charge in [-0.1, -0.05) is 34.8 Å². The number of alkyl halides is 3. The van der Waals surface area contributed by atoms with Crippen LogP contribution in [0, 0.1) is 17.5 Å². The van der Waals surface area contributed by atoms with Gasteiger partial charge in [-0.15, -0.1) is 0 Å². The molecule has 1 atom stereocenters. The first-order chi connectivity index (χ1) is 6.73. The molecule has 1 nitrogen and oxygen atoms in total. The topological polar surface area (TPSA) is 20.2 Å².